The van der Waals surface area contributed by atoms with Crippen LogP contribution in [0.15, 0.2) is 48.9 Å². The third-order valence-electron chi connectivity index (χ3n) is 3.28. The Balaban J connectivity index is 1.91. The molecule has 1 atom stereocenters. The van der Waals surface area contributed by atoms with Gasteiger partial charge in [-0.3, -0.25) is 9.97 Å². The molecular formula is C14H15N3. The Bertz CT molecular complexity index is 424. The summed E-state index contributed by atoms with van der Waals surface area (Å²) >= 11 is 0. The summed E-state index contributed by atoms with van der Waals surface area (Å²) in [7, 11) is 0. The van der Waals surface area contributed by atoms with Gasteiger partial charge in [0, 0.05) is 30.8 Å². The largest absolute Gasteiger partial charge is 0.363 e. The van der Waals surface area contributed by atoms with Crippen LogP contribution in [0.3, 0.4) is 0 Å². The van der Waals surface area contributed by atoms with E-state index in [0.717, 1.165) is 6.54 Å². The minimum Gasteiger partial charge on any atom is -0.363 e. The second kappa shape index (κ2) is 4.53. The first-order valence-electron chi connectivity index (χ1n) is 6.03. The van der Waals surface area contributed by atoms with Crippen molar-refractivity contribution in [1.82, 2.24) is 9.97 Å². The summed E-state index contributed by atoms with van der Waals surface area (Å²) < 4.78 is 0. The van der Waals surface area contributed by atoms with E-state index in [0.29, 0.717) is 6.04 Å². The molecule has 0 bridgehead atoms. The SMILES string of the molecule is c1ccc([C@H]2CCCN2c2ccncc2)nc1. The summed E-state index contributed by atoms with van der Waals surface area (Å²) in [5.74, 6) is 0. The van der Waals surface area contributed by atoms with Crippen molar-refractivity contribution in [2.75, 3.05) is 11.4 Å². The molecule has 0 saturated carbocycles. The maximum Gasteiger partial charge on any atom is 0.0714 e. The molecule has 86 valence electrons. The zero-order valence-electron chi connectivity index (χ0n) is 9.66. The molecule has 0 radical (unpaired) electrons. The number of hydrogen-bond acceptors (Lipinski definition) is 3. The predicted molar refractivity (Wildman–Crippen MR) is 67.8 cm³/mol. The molecular weight excluding hydrogens is 210 g/mol. The quantitative estimate of drug-likeness (QED) is 0.787. The van der Waals surface area contributed by atoms with Crippen LogP contribution in [0.1, 0.15) is 24.6 Å². The first-order chi connectivity index (χ1) is 8.45. The maximum atomic E-state index is 4.48. The molecule has 0 aromatic carbocycles. The third-order valence-corrected chi connectivity index (χ3v) is 3.28. The summed E-state index contributed by atoms with van der Waals surface area (Å²) in [6.07, 6.45) is 7.98. The van der Waals surface area contributed by atoms with Gasteiger partial charge in [0.2, 0.25) is 0 Å². The molecule has 2 aromatic rings. The molecule has 0 aliphatic carbocycles. The van der Waals surface area contributed by atoms with Crippen LogP contribution >= 0.6 is 0 Å². The highest BCUT2D eigenvalue weighted by atomic mass is 15.2. The van der Waals surface area contributed by atoms with Gasteiger partial charge < -0.3 is 4.90 Å². The second-order valence-corrected chi connectivity index (χ2v) is 4.31. The number of anilines is 1. The van der Waals surface area contributed by atoms with Crippen molar-refractivity contribution in [3.05, 3.63) is 54.6 Å². The van der Waals surface area contributed by atoms with Crippen LogP contribution in [0.4, 0.5) is 5.69 Å². The molecule has 0 amide bonds. The number of rotatable bonds is 2. The number of nitrogens with zero attached hydrogens (tertiary/aromatic N) is 3. The lowest BCUT2D eigenvalue weighted by molar-refractivity contribution is 0.694. The van der Waals surface area contributed by atoms with E-state index in [1.165, 1.54) is 24.2 Å². The van der Waals surface area contributed by atoms with Gasteiger partial charge in [-0.1, -0.05) is 6.07 Å². The van der Waals surface area contributed by atoms with E-state index in [9.17, 15) is 0 Å². The van der Waals surface area contributed by atoms with Gasteiger partial charge in [-0.25, -0.2) is 0 Å². The van der Waals surface area contributed by atoms with E-state index in [-0.39, 0.29) is 0 Å². The lowest BCUT2D eigenvalue weighted by Crippen LogP contribution is -2.23. The molecule has 3 heteroatoms. The van der Waals surface area contributed by atoms with E-state index in [1.807, 2.05) is 24.7 Å². The van der Waals surface area contributed by atoms with Gasteiger partial charge in [0.05, 0.1) is 11.7 Å². The zero-order chi connectivity index (χ0) is 11.5. The Morgan fingerprint density at radius 3 is 2.71 bits per heavy atom. The molecule has 0 unspecified atom stereocenters. The lowest BCUT2D eigenvalue weighted by Gasteiger charge is -2.26. The highest BCUT2D eigenvalue weighted by Gasteiger charge is 2.26. The average Bonchev–Trinajstić information content (AvgIpc) is 2.90. The molecule has 0 spiro atoms. The van der Waals surface area contributed by atoms with Gasteiger partial charge in [-0.2, -0.15) is 0 Å². The van der Waals surface area contributed by atoms with Crippen LogP contribution in [0, 0.1) is 0 Å². The molecule has 3 rings (SSSR count). The Morgan fingerprint density at radius 1 is 1.06 bits per heavy atom. The summed E-state index contributed by atoms with van der Waals surface area (Å²) in [4.78, 5) is 11.0. The van der Waals surface area contributed by atoms with Gasteiger partial charge in [0.25, 0.3) is 0 Å². The highest BCUT2D eigenvalue weighted by molar-refractivity contribution is 5.48. The maximum absolute atomic E-state index is 4.48. The van der Waals surface area contributed by atoms with Crippen LogP contribution in [-0.4, -0.2) is 16.5 Å². The van der Waals surface area contributed by atoms with Crippen molar-refractivity contribution in [2.24, 2.45) is 0 Å². The van der Waals surface area contributed by atoms with Crippen molar-refractivity contribution in [1.29, 1.82) is 0 Å². The zero-order valence-corrected chi connectivity index (χ0v) is 9.66. The van der Waals surface area contributed by atoms with Crippen molar-refractivity contribution < 1.29 is 0 Å². The van der Waals surface area contributed by atoms with Crippen LogP contribution in [0.25, 0.3) is 0 Å². The summed E-state index contributed by atoms with van der Waals surface area (Å²) in [5, 5.41) is 0. The van der Waals surface area contributed by atoms with Crippen LogP contribution in [0.5, 0.6) is 0 Å². The van der Waals surface area contributed by atoms with E-state index < -0.39 is 0 Å². The molecule has 2 aromatic heterocycles. The van der Waals surface area contributed by atoms with Crippen LogP contribution < -0.4 is 4.90 Å². The van der Waals surface area contributed by atoms with Crippen LogP contribution in [0.2, 0.25) is 0 Å². The van der Waals surface area contributed by atoms with Crippen molar-refractivity contribution in [2.45, 2.75) is 18.9 Å². The molecule has 1 fully saturated rings. The molecule has 0 N–H and O–H groups in total. The van der Waals surface area contributed by atoms with E-state index in [1.54, 1.807) is 0 Å². The van der Waals surface area contributed by atoms with Crippen molar-refractivity contribution in [3.8, 4) is 0 Å². The predicted octanol–water partition coefficient (Wildman–Crippen LogP) is 2.82. The molecule has 3 nitrogen and oxygen atoms in total. The molecule has 3 heterocycles. The van der Waals surface area contributed by atoms with Crippen molar-refractivity contribution in [3.63, 3.8) is 0 Å². The number of pyridine rings is 2. The van der Waals surface area contributed by atoms with Gasteiger partial charge in [0.15, 0.2) is 0 Å². The normalized spacial score (nSPS) is 19.5. The summed E-state index contributed by atoms with van der Waals surface area (Å²) in [5.41, 5.74) is 2.41. The lowest BCUT2D eigenvalue weighted by atomic mass is 10.1. The van der Waals surface area contributed by atoms with E-state index in [2.05, 4.69) is 39.1 Å². The minimum absolute atomic E-state index is 0.415. The number of aromatic nitrogens is 2. The highest BCUT2D eigenvalue weighted by Crippen LogP contribution is 2.34. The topological polar surface area (TPSA) is 29.0 Å². The number of hydrogen-bond donors (Lipinski definition) is 0. The summed E-state index contributed by atoms with van der Waals surface area (Å²) in [6.45, 7) is 1.10. The smallest absolute Gasteiger partial charge is 0.0714 e. The Labute approximate surface area is 101 Å². The van der Waals surface area contributed by atoms with Gasteiger partial charge in [-0.05, 0) is 37.1 Å². The molecule has 1 aliphatic heterocycles. The molecule has 17 heavy (non-hydrogen) atoms. The summed E-state index contributed by atoms with van der Waals surface area (Å²) in [6, 6.07) is 10.7. The van der Waals surface area contributed by atoms with Gasteiger partial charge in [0.1, 0.15) is 0 Å². The van der Waals surface area contributed by atoms with Gasteiger partial charge >= 0.3 is 0 Å². The average molecular weight is 225 g/mol. The standard InChI is InChI=1S/C14H15N3/c1-2-8-16-13(4-1)14-5-3-11-17(14)12-6-9-15-10-7-12/h1-2,4,6-10,14H,3,5,11H2/t14-/m1/s1. The second-order valence-electron chi connectivity index (χ2n) is 4.31. The van der Waals surface area contributed by atoms with Crippen molar-refractivity contribution >= 4 is 5.69 Å². The van der Waals surface area contributed by atoms with E-state index in [4.69, 9.17) is 0 Å². The van der Waals surface area contributed by atoms with Crippen LogP contribution in [-0.2, 0) is 0 Å². The first kappa shape index (κ1) is 10.3. The minimum atomic E-state index is 0.415. The fraction of sp³-hybridized carbons (Fsp3) is 0.286. The Morgan fingerprint density at radius 2 is 1.94 bits per heavy atom. The fourth-order valence-electron chi connectivity index (χ4n) is 2.49. The molecule has 1 saturated heterocycles. The third kappa shape index (κ3) is 2.00. The fourth-order valence-corrected chi connectivity index (χ4v) is 2.49. The molecule has 1 aliphatic rings. The first-order valence-corrected chi connectivity index (χ1v) is 6.03. The Hall–Kier alpha value is -1.90. The monoisotopic (exact) mass is 225 g/mol. The van der Waals surface area contributed by atoms with E-state index >= 15 is 0 Å². The van der Waals surface area contributed by atoms with Gasteiger partial charge in [-0.15, -0.1) is 0 Å². The Kier molecular flexibility index (Phi) is 2.74.